The van der Waals surface area contributed by atoms with Gasteiger partial charge in [-0.2, -0.15) is 13.2 Å². The molecule has 0 aliphatic rings. The molecule has 5 nitrogen and oxygen atoms in total. The summed E-state index contributed by atoms with van der Waals surface area (Å²) in [7, 11) is 0. The van der Waals surface area contributed by atoms with Gasteiger partial charge in [0.2, 0.25) is 0 Å². The lowest BCUT2D eigenvalue weighted by Gasteiger charge is -2.07. The Labute approximate surface area is 106 Å². The zero-order valence-corrected chi connectivity index (χ0v) is 9.70. The highest BCUT2D eigenvalue weighted by molar-refractivity contribution is 5.92. The van der Waals surface area contributed by atoms with Gasteiger partial charge in [-0.15, -0.1) is 0 Å². The standard InChI is InChI=1S/C11H11F3N2O3/c12-11(13,14)7-3-4-8(16-6-7)10(19)15-5-1-2-9(17)18/h3-4,6H,1-2,5H2,(H,15,19)(H,17,18). The Bertz CT molecular complexity index is 457. The first-order chi connectivity index (χ1) is 8.80. The molecule has 1 aromatic rings. The predicted molar refractivity (Wildman–Crippen MR) is 58.4 cm³/mol. The van der Waals surface area contributed by atoms with Gasteiger partial charge in [-0.1, -0.05) is 0 Å². The highest BCUT2D eigenvalue weighted by Gasteiger charge is 2.30. The van der Waals surface area contributed by atoms with Gasteiger partial charge < -0.3 is 10.4 Å². The number of alkyl halides is 3. The van der Waals surface area contributed by atoms with Crippen LogP contribution < -0.4 is 5.32 Å². The number of carbonyl (C=O) groups is 2. The Morgan fingerprint density at radius 3 is 2.47 bits per heavy atom. The number of hydrogen-bond acceptors (Lipinski definition) is 3. The molecule has 19 heavy (non-hydrogen) atoms. The Kier molecular flexibility index (Phi) is 4.85. The molecule has 0 aliphatic carbocycles. The quantitative estimate of drug-likeness (QED) is 0.802. The summed E-state index contributed by atoms with van der Waals surface area (Å²) in [5.74, 6) is -1.62. The number of nitrogens with zero attached hydrogens (tertiary/aromatic N) is 1. The zero-order valence-electron chi connectivity index (χ0n) is 9.70. The number of carbonyl (C=O) groups excluding carboxylic acids is 1. The summed E-state index contributed by atoms with van der Waals surface area (Å²) in [6.45, 7) is 0.119. The Balaban J connectivity index is 2.52. The van der Waals surface area contributed by atoms with Crippen LogP contribution >= 0.6 is 0 Å². The summed E-state index contributed by atoms with van der Waals surface area (Å²) in [5, 5.41) is 10.7. The molecule has 0 saturated carbocycles. The van der Waals surface area contributed by atoms with E-state index >= 15 is 0 Å². The summed E-state index contributed by atoms with van der Waals surface area (Å²) in [6, 6.07) is 1.73. The van der Waals surface area contributed by atoms with Crippen molar-refractivity contribution in [3.05, 3.63) is 29.6 Å². The zero-order chi connectivity index (χ0) is 14.5. The van der Waals surface area contributed by atoms with Crippen molar-refractivity contribution >= 4 is 11.9 Å². The molecule has 0 atom stereocenters. The topological polar surface area (TPSA) is 79.3 Å². The van der Waals surface area contributed by atoms with Crippen LogP contribution in [0.2, 0.25) is 0 Å². The number of nitrogens with one attached hydrogen (secondary N) is 1. The number of amides is 1. The minimum Gasteiger partial charge on any atom is -0.481 e. The molecular formula is C11H11F3N2O3. The average molecular weight is 276 g/mol. The van der Waals surface area contributed by atoms with E-state index in [9.17, 15) is 22.8 Å². The average Bonchev–Trinajstić information content (AvgIpc) is 2.33. The second-order valence-corrected chi connectivity index (χ2v) is 3.68. The van der Waals surface area contributed by atoms with Gasteiger partial charge in [0.1, 0.15) is 5.69 Å². The summed E-state index contributed by atoms with van der Waals surface area (Å²) < 4.78 is 36.7. The van der Waals surface area contributed by atoms with Gasteiger partial charge in [-0.25, -0.2) is 0 Å². The van der Waals surface area contributed by atoms with Gasteiger partial charge in [0.05, 0.1) is 5.56 Å². The minimum absolute atomic E-state index is 0.0965. The van der Waals surface area contributed by atoms with E-state index in [-0.39, 0.29) is 25.1 Å². The van der Waals surface area contributed by atoms with Crippen molar-refractivity contribution in [2.45, 2.75) is 19.0 Å². The van der Waals surface area contributed by atoms with Crippen LogP contribution in [-0.4, -0.2) is 28.5 Å². The van der Waals surface area contributed by atoms with E-state index < -0.39 is 23.6 Å². The second kappa shape index (κ2) is 6.17. The maximum atomic E-state index is 12.2. The molecule has 0 bridgehead atoms. The number of carboxylic acids is 1. The molecule has 0 fully saturated rings. The first kappa shape index (κ1) is 14.9. The normalized spacial score (nSPS) is 11.1. The van der Waals surface area contributed by atoms with Gasteiger partial charge in [-0.05, 0) is 18.6 Å². The molecule has 0 saturated heterocycles. The second-order valence-electron chi connectivity index (χ2n) is 3.68. The third-order valence-corrected chi connectivity index (χ3v) is 2.18. The molecule has 1 aromatic heterocycles. The number of aromatic nitrogens is 1. The van der Waals surface area contributed by atoms with Crippen LogP contribution in [0.1, 0.15) is 28.9 Å². The maximum absolute atomic E-state index is 12.2. The van der Waals surface area contributed by atoms with Gasteiger partial charge in [-0.3, -0.25) is 14.6 Å². The molecular weight excluding hydrogens is 265 g/mol. The Morgan fingerprint density at radius 2 is 2.00 bits per heavy atom. The van der Waals surface area contributed by atoms with Crippen LogP contribution in [0.5, 0.6) is 0 Å². The number of halogens is 3. The van der Waals surface area contributed by atoms with Crippen LogP contribution in [0, 0.1) is 0 Å². The lowest BCUT2D eigenvalue weighted by Crippen LogP contribution is -2.26. The van der Waals surface area contributed by atoms with Gasteiger partial charge in [0.25, 0.3) is 5.91 Å². The van der Waals surface area contributed by atoms with Crippen LogP contribution in [0.25, 0.3) is 0 Å². The molecule has 2 N–H and O–H groups in total. The molecule has 1 rings (SSSR count). The fraction of sp³-hybridized carbons (Fsp3) is 0.364. The van der Waals surface area contributed by atoms with Gasteiger partial charge in [0.15, 0.2) is 0 Å². The van der Waals surface area contributed by atoms with Crippen molar-refractivity contribution in [2.75, 3.05) is 6.54 Å². The first-order valence-electron chi connectivity index (χ1n) is 5.34. The van der Waals surface area contributed by atoms with E-state index in [0.29, 0.717) is 6.20 Å². The third kappa shape index (κ3) is 4.94. The maximum Gasteiger partial charge on any atom is 0.417 e. The third-order valence-electron chi connectivity index (χ3n) is 2.18. The predicted octanol–water partition coefficient (Wildman–Crippen LogP) is 1.70. The molecule has 0 unspecified atom stereocenters. The molecule has 0 radical (unpaired) electrons. The van der Waals surface area contributed by atoms with Crippen molar-refractivity contribution in [1.29, 1.82) is 0 Å². The molecule has 8 heteroatoms. The van der Waals surface area contributed by atoms with E-state index in [4.69, 9.17) is 5.11 Å². The smallest absolute Gasteiger partial charge is 0.417 e. The molecule has 1 heterocycles. The van der Waals surface area contributed by atoms with Crippen molar-refractivity contribution in [3.63, 3.8) is 0 Å². The van der Waals surface area contributed by atoms with Crippen molar-refractivity contribution < 1.29 is 27.9 Å². The number of aliphatic carboxylic acids is 1. The SMILES string of the molecule is O=C(O)CCCNC(=O)c1ccc(C(F)(F)F)cn1. The lowest BCUT2D eigenvalue weighted by molar-refractivity contribution is -0.138. The Hall–Kier alpha value is -2.12. The van der Waals surface area contributed by atoms with Crippen LogP contribution in [-0.2, 0) is 11.0 Å². The summed E-state index contributed by atoms with van der Waals surface area (Å²) >= 11 is 0. The van der Waals surface area contributed by atoms with Gasteiger partial charge in [0, 0.05) is 19.2 Å². The number of carboxylic acid groups (broad SMARTS) is 1. The molecule has 0 aliphatic heterocycles. The van der Waals surface area contributed by atoms with E-state index in [2.05, 4.69) is 10.3 Å². The number of rotatable bonds is 5. The monoisotopic (exact) mass is 276 g/mol. The number of pyridine rings is 1. The van der Waals surface area contributed by atoms with E-state index in [1.54, 1.807) is 0 Å². The van der Waals surface area contributed by atoms with E-state index in [0.717, 1.165) is 12.1 Å². The minimum atomic E-state index is -4.50. The molecule has 0 aromatic carbocycles. The first-order valence-corrected chi connectivity index (χ1v) is 5.34. The summed E-state index contributed by atoms with van der Waals surface area (Å²) in [4.78, 5) is 25.1. The highest BCUT2D eigenvalue weighted by atomic mass is 19.4. The largest absolute Gasteiger partial charge is 0.481 e. The summed E-state index contributed by atoms with van der Waals surface area (Å²) in [5.41, 5.74) is -1.08. The van der Waals surface area contributed by atoms with E-state index in [1.165, 1.54) is 0 Å². The van der Waals surface area contributed by atoms with Crippen LogP contribution in [0.15, 0.2) is 18.3 Å². The number of hydrogen-bond donors (Lipinski definition) is 2. The molecule has 0 spiro atoms. The van der Waals surface area contributed by atoms with Gasteiger partial charge >= 0.3 is 12.1 Å². The fourth-order valence-corrected chi connectivity index (χ4v) is 1.23. The molecule has 104 valence electrons. The van der Waals surface area contributed by atoms with E-state index in [1.807, 2.05) is 0 Å². The van der Waals surface area contributed by atoms with Crippen molar-refractivity contribution in [2.24, 2.45) is 0 Å². The molecule has 1 amide bonds. The van der Waals surface area contributed by atoms with Crippen LogP contribution in [0.3, 0.4) is 0 Å². The lowest BCUT2D eigenvalue weighted by atomic mass is 10.2. The summed E-state index contributed by atoms with van der Waals surface area (Å²) in [6.07, 6.45) is -3.78. The van der Waals surface area contributed by atoms with Crippen LogP contribution in [0.4, 0.5) is 13.2 Å². The van der Waals surface area contributed by atoms with Crippen molar-refractivity contribution in [3.8, 4) is 0 Å². The fourth-order valence-electron chi connectivity index (χ4n) is 1.23. The Morgan fingerprint density at radius 1 is 1.32 bits per heavy atom. The van der Waals surface area contributed by atoms with Crippen molar-refractivity contribution in [1.82, 2.24) is 10.3 Å². The highest BCUT2D eigenvalue weighted by Crippen LogP contribution is 2.28.